The van der Waals surface area contributed by atoms with Crippen molar-refractivity contribution >= 4 is 40.9 Å². The second kappa shape index (κ2) is 6.64. The van der Waals surface area contributed by atoms with Crippen molar-refractivity contribution in [1.82, 2.24) is 15.2 Å². The van der Waals surface area contributed by atoms with Crippen LogP contribution in [0.2, 0.25) is 0 Å². The first-order chi connectivity index (χ1) is 11.4. The summed E-state index contributed by atoms with van der Waals surface area (Å²) in [5.74, 6) is -0.195. The lowest BCUT2D eigenvalue weighted by Crippen LogP contribution is -2.49. The molecule has 1 aliphatic rings. The van der Waals surface area contributed by atoms with Crippen molar-refractivity contribution in [2.75, 3.05) is 11.9 Å². The molecule has 1 aliphatic heterocycles. The standard InChI is InChI=1S/C16H20N4O3S/c1-9(2)17-15(22)20-7-3-4-12(20)14(21)18-10-5-6-11-13(8-10)23-16(24)19-11/h5-6,8-9,12H,3-4,7H2,1-2H3,(H,17,22)(H,18,21)(H,19,24)/t12-/m0/s1. The third kappa shape index (κ3) is 3.43. The lowest BCUT2D eigenvalue weighted by molar-refractivity contribution is -0.119. The Bertz CT molecular complexity index is 826. The molecular weight excluding hydrogens is 328 g/mol. The predicted molar refractivity (Wildman–Crippen MR) is 93.4 cm³/mol. The van der Waals surface area contributed by atoms with Gasteiger partial charge in [0.2, 0.25) is 5.91 Å². The highest BCUT2D eigenvalue weighted by atomic mass is 32.1. The summed E-state index contributed by atoms with van der Waals surface area (Å²) >= 11 is 4.95. The Morgan fingerprint density at radius 3 is 2.96 bits per heavy atom. The second-order valence-corrected chi connectivity index (χ2v) is 6.54. The van der Waals surface area contributed by atoms with Crippen molar-refractivity contribution in [3.8, 4) is 0 Å². The Morgan fingerprint density at radius 1 is 1.42 bits per heavy atom. The fourth-order valence-corrected chi connectivity index (χ4v) is 3.06. The highest BCUT2D eigenvalue weighted by Crippen LogP contribution is 2.22. The fourth-order valence-electron chi connectivity index (χ4n) is 2.86. The van der Waals surface area contributed by atoms with Crippen LogP contribution in [0.1, 0.15) is 26.7 Å². The van der Waals surface area contributed by atoms with Gasteiger partial charge >= 0.3 is 6.03 Å². The number of likely N-dealkylation sites (tertiary alicyclic amines) is 1. The second-order valence-electron chi connectivity index (χ2n) is 6.17. The van der Waals surface area contributed by atoms with E-state index in [4.69, 9.17) is 16.6 Å². The summed E-state index contributed by atoms with van der Waals surface area (Å²) < 4.78 is 5.35. The summed E-state index contributed by atoms with van der Waals surface area (Å²) in [5.41, 5.74) is 1.97. The van der Waals surface area contributed by atoms with Crippen LogP contribution in [0.5, 0.6) is 0 Å². The molecule has 0 saturated carbocycles. The van der Waals surface area contributed by atoms with E-state index in [0.29, 0.717) is 29.1 Å². The maximum atomic E-state index is 12.6. The number of amides is 3. The molecule has 2 aromatic rings. The van der Waals surface area contributed by atoms with E-state index in [1.165, 1.54) is 0 Å². The molecule has 0 unspecified atom stereocenters. The molecule has 1 aromatic heterocycles. The summed E-state index contributed by atoms with van der Waals surface area (Å²) in [6, 6.07) is 4.66. The molecule has 0 spiro atoms. The van der Waals surface area contributed by atoms with Gasteiger partial charge in [0.15, 0.2) is 5.58 Å². The minimum absolute atomic E-state index is 0.0343. The van der Waals surface area contributed by atoms with Crippen LogP contribution >= 0.6 is 12.2 Å². The van der Waals surface area contributed by atoms with Gasteiger partial charge < -0.3 is 24.9 Å². The van der Waals surface area contributed by atoms with E-state index in [0.717, 1.165) is 11.9 Å². The van der Waals surface area contributed by atoms with Crippen molar-refractivity contribution in [1.29, 1.82) is 0 Å². The van der Waals surface area contributed by atoms with E-state index in [1.807, 2.05) is 13.8 Å². The van der Waals surface area contributed by atoms with Gasteiger partial charge in [0.05, 0.1) is 5.52 Å². The zero-order valence-corrected chi connectivity index (χ0v) is 14.4. The Hall–Kier alpha value is -2.35. The minimum Gasteiger partial charge on any atom is -0.429 e. The Balaban J connectivity index is 1.72. The van der Waals surface area contributed by atoms with Crippen LogP contribution in [0.3, 0.4) is 0 Å². The summed E-state index contributed by atoms with van der Waals surface area (Å²) in [5, 5.41) is 5.69. The average molecular weight is 348 g/mol. The van der Waals surface area contributed by atoms with Gasteiger partial charge in [-0.3, -0.25) is 4.79 Å². The highest BCUT2D eigenvalue weighted by molar-refractivity contribution is 7.71. The lowest BCUT2D eigenvalue weighted by Gasteiger charge is -2.25. The number of H-pyrrole nitrogens is 1. The third-order valence-corrected chi connectivity index (χ3v) is 4.10. The van der Waals surface area contributed by atoms with Gasteiger partial charge in [-0.05, 0) is 51.0 Å². The smallest absolute Gasteiger partial charge is 0.318 e. The van der Waals surface area contributed by atoms with Crippen LogP contribution in [0.25, 0.3) is 11.1 Å². The normalized spacial score (nSPS) is 17.5. The van der Waals surface area contributed by atoms with Crippen LogP contribution in [-0.2, 0) is 4.79 Å². The number of nitrogens with one attached hydrogen (secondary N) is 3. The zero-order valence-electron chi connectivity index (χ0n) is 13.6. The molecule has 128 valence electrons. The minimum atomic E-state index is -0.461. The first kappa shape index (κ1) is 16.5. The van der Waals surface area contributed by atoms with Crippen LogP contribution in [0, 0.1) is 4.84 Å². The van der Waals surface area contributed by atoms with Crippen molar-refractivity contribution in [2.24, 2.45) is 0 Å². The molecule has 0 radical (unpaired) electrons. The van der Waals surface area contributed by atoms with Crippen LogP contribution in [0.15, 0.2) is 22.6 Å². The lowest BCUT2D eigenvalue weighted by atomic mass is 10.2. The monoisotopic (exact) mass is 348 g/mol. The maximum Gasteiger partial charge on any atom is 0.318 e. The molecular formula is C16H20N4O3S. The van der Waals surface area contributed by atoms with Crippen LogP contribution in [0.4, 0.5) is 10.5 Å². The Morgan fingerprint density at radius 2 is 2.21 bits per heavy atom. The largest absolute Gasteiger partial charge is 0.429 e. The summed E-state index contributed by atoms with van der Waals surface area (Å²) in [7, 11) is 0. The van der Waals surface area contributed by atoms with E-state index in [9.17, 15) is 9.59 Å². The summed E-state index contributed by atoms with van der Waals surface area (Å²) in [4.78, 5) is 29.6. The first-order valence-corrected chi connectivity index (χ1v) is 8.36. The number of oxazole rings is 1. The third-order valence-electron chi connectivity index (χ3n) is 3.92. The van der Waals surface area contributed by atoms with E-state index in [2.05, 4.69) is 15.6 Å². The Labute approximate surface area is 144 Å². The van der Waals surface area contributed by atoms with E-state index < -0.39 is 6.04 Å². The van der Waals surface area contributed by atoms with Gasteiger partial charge in [0, 0.05) is 24.3 Å². The summed E-state index contributed by atoms with van der Waals surface area (Å²) in [6.07, 6.45) is 1.47. The number of anilines is 1. The summed E-state index contributed by atoms with van der Waals surface area (Å²) in [6.45, 7) is 4.38. The molecule has 2 heterocycles. The predicted octanol–water partition coefficient (Wildman–Crippen LogP) is 3.01. The molecule has 8 heteroatoms. The highest BCUT2D eigenvalue weighted by Gasteiger charge is 2.34. The van der Waals surface area contributed by atoms with Gasteiger partial charge in [-0.2, -0.15) is 0 Å². The number of urea groups is 1. The number of carbonyl (C=O) groups is 2. The van der Waals surface area contributed by atoms with E-state index in [1.54, 1.807) is 23.1 Å². The van der Waals surface area contributed by atoms with Crippen LogP contribution < -0.4 is 10.6 Å². The zero-order chi connectivity index (χ0) is 17.3. The quantitative estimate of drug-likeness (QED) is 0.744. The molecule has 0 bridgehead atoms. The number of rotatable bonds is 3. The fraction of sp³-hybridized carbons (Fsp3) is 0.438. The molecule has 24 heavy (non-hydrogen) atoms. The number of hydrogen-bond acceptors (Lipinski definition) is 4. The van der Waals surface area contributed by atoms with Crippen LogP contribution in [-0.4, -0.2) is 40.5 Å². The van der Waals surface area contributed by atoms with Crippen molar-refractivity contribution < 1.29 is 14.0 Å². The van der Waals surface area contributed by atoms with Gasteiger partial charge in [0.1, 0.15) is 6.04 Å². The number of benzene rings is 1. The molecule has 7 nitrogen and oxygen atoms in total. The van der Waals surface area contributed by atoms with Gasteiger partial charge in [-0.1, -0.05) is 0 Å². The number of hydrogen-bond donors (Lipinski definition) is 3. The number of nitrogens with zero attached hydrogens (tertiary/aromatic N) is 1. The molecule has 3 amide bonds. The molecule has 1 atom stereocenters. The average Bonchev–Trinajstić information content (AvgIpc) is 3.11. The molecule has 1 fully saturated rings. The molecule has 1 saturated heterocycles. The Kier molecular flexibility index (Phi) is 4.57. The van der Waals surface area contributed by atoms with E-state index in [-0.39, 0.29) is 18.0 Å². The van der Waals surface area contributed by atoms with Crippen molar-refractivity contribution in [3.63, 3.8) is 0 Å². The molecule has 0 aliphatic carbocycles. The van der Waals surface area contributed by atoms with E-state index >= 15 is 0 Å². The first-order valence-electron chi connectivity index (χ1n) is 7.95. The number of aromatic nitrogens is 1. The number of aromatic amines is 1. The topological polar surface area (TPSA) is 90.4 Å². The van der Waals surface area contributed by atoms with Gasteiger partial charge in [-0.25, -0.2) is 4.79 Å². The number of carbonyl (C=O) groups excluding carboxylic acids is 2. The van der Waals surface area contributed by atoms with Crippen molar-refractivity contribution in [2.45, 2.75) is 38.8 Å². The SMILES string of the molecule is CC(C)NC(=O)N1CCC[C@H]1C(=O)Nc1ccc2[nH]c(=S)oc2c1. The maximum absolute atomic E-state index is 12.6. The molecule has 3 rings (SSSR count). The van der Waals surface area contributed by atoms with Gasteiger partial charge in [-0.15, -0.1) is 0 Å². The van der Waals surface area contributed by atoms with Crippen molar-refractivity contribution in [3.05, 3.63) is 23.0 Å². The van der Waals surface area contributed by atoms with Gasteiger partial charge in [0.25, 0.3) is 4.84 Å². The molecule has 3 N–H and O–H groups in total. The number of fused-ring (bicyclic) bond motifs is 1. The molecule has 1 aromatic carbocycles.